The number of nitrogens with zero attached hydrogens (tertiary/aromatic N) is 4. The molecule has 2 rings (SSSR count). The number of esters is 2. The van der Waals surface area contributed by atoms with E-state index in [9.17, 15) is 29.2 Å². The van der Waals surface area contributed by atoms with Crippen LogP contribution in [0.2, 0.25) is 0 Å². The summed E-state index contributed by atoms with van der Waals surface area (Å²) in [6.45, 7) is 2.15. The third-order valence-electron chi connectivity index (χ3n) is 6.12. The molecule has 1 aromatic heterocycles. The number of ether oxygens (including phenoxy) is 2. The highest BCUT2D eigenvalue weighted by molar-refractivity contribution is 7.47. The topological polar surface area (TPSA) is 202 Å². The van der Waals surface area contributed by atoms with Crippen LogP contribution in [0, 0.1) is 10.1 Å². The Morgan fingerprint density at radius 2 is 1.74 bits per heavy atom. The molecule has 0 spiro atoms. The molecule has 1 unspecified atom stereocenters. The fraction of sp³-hybridized carbons (Fsp3) is 0.692. The molecule has 1 heterocycles. The first-order chi connectivity index (χ1) is 20.3. The van der Waals surface area contributed by atoms with E-state index in [0.29, 0.717) is 48.9 Å². The second kappa shape index (κ2) is 17.8. The van der Waals surface area contributed by atoms with E-state index in [4.69, 9.17) is 18.5 Å². The van der Waals surface area contributed by atoms with Crippen molar-refractivity contribution in [2.45, 2.75) is 64.4 Å². The molecule has 0 fully saturated rings. The Morgan fingerprint density at radius 1 is 1.05 bits per heavy atom. The van der Waals surface area contributed by atoms with Crippen molar-refractivity contribution >= 4 is 42.2 Å². The normalized spacial score (nSPS) is 13.8. The first kappa shape index (κ1) is 36.0. The summed E-state index contributed by atoms with van der Waals surface area (Å²) >= 11 is 0. The van der Waals surface area contributed by atoms with E-state index >= 15 is 0 Å². The summed E-state index contributed by atoms with van der Waals surface area (Å²) in [4.78, 5) is 45.1. The second-order valence-corrected chi connectivity index (χ2v) is 12.4. The number of hydrogen-bond donors (Lipinski definition) is 2. The zero-order valence-corrected chi connectivity index (χ0v) is 26.1. The van der Waals surface area contributed by atoms with Crippen molar-refractivity contribution in [3.8, 4) is 0 Å². The van der Waals surface area contributed by atoms with Crippen LogP contribution < -0.4 is 5.32 Å². The summed E-state index contributed by atoms with van der Waals surface area (Å²) in [6.07, 6.45) is 3.47. The van der Waals surface area contributed by atoms with Gasteiger partial charge in [-0.1, -0.05) is 26.2 Å². The van der Waals surface area contributed by atoms with Gasteiger partial charge >= 0.3 is 25.4 Å². The Morgan fingerprint density at radius 3 is 2.44 bits per heavy atom. The largest absolute Gasteiger partial charge is 0.472 e. The number of anilines is 1. The Bertz CT molecular complexity index is 1230. The van der Waals surface area contributed by atoms with Gasteiger partial charge < -0.3 is 24.2 Å². The molecule has 2 aromatic rings. The van der Waals surface area contributed by atoms with Crippen molar-refractivity contribution in [2.75, 3.05) is 59.4 Å². The standard InChI is InChI=1S/C26H42N5O11P/c1-5-6-8-11-23(32)38-18-20(19-40-43(36,37)39-17-16-31(2,3)4)41-24(33)12-9-7-10-15-27-21-13-14-22(30(34)35)26-25(21)28-42-29-26/h13-14,20H,5-12,15-19H2,1-4H3,(H-,27,29,36,37)/p+1/t20-/m1/s1. The molecule has 0 saturated heterocycles. The number of nitro groups is 1. The van der Waals surface area contributed by atoms with Gasteiger partial charge in [0.1, 0.15) is 19.8 Å². The van der Waals surface area contributed by atoms with Gasteiger partial charge in [0.05, 0.1) is 38.4 Å². The van der Waals surface area contributed by atoms with E-state index < -0.39 is 37.4 Å². The SMILES string of the molecule is CCCCCC(=O)OC[C@H](COP(=O)(O)OCC[N+](C)(C)C)OC(=O)CCCCCNc1ccc([N+](=O)[O-])c2nonc12. The number of phosphoric acid groups is 1. The van der Waals surface area contributed by atoms with Gasteiger partial charge in [0.25, 0.3) is 0 Å². The molecule has 0 aliphatic carbocycles. The summed E-state index contributed by atoms with van der Waals surface area (Å²) in [7, 11) is 1.29. The minimum absolute atomic E-state index is 0.0203. The van der Waals surface area contributed by atoms with Crippen molar-refractivity contribution in [3.63, 3.8) is 0 Å². The number of aromatic nitrogens is 2. The lowest BCUT2D eigenvalue weighted by Crippen LogP contribution is -2.37. The highest BCUT2D eigenvalue weighted by Crippen LogP contribution is 2.43. The first-order valence-corrected chi connectivity index (χ1v) is 15.7. The zero-order valence-electron chi connectivity index (χ0n) is 25.2. The maximum atomic E-state index is 12.5. The number of unbranched alkanes of at least 4 members (excludes halogenated alkanes) is 4. The molecule has 43 heavy (non-hydrogen) atoms. The number of carbonyl (C=O) groups is 2. The molecule has 0 aliphatic heterocycles. The molecule has 0 saturated carbocycles. The molecule has 242 valence electrons. The Kier molecular flexibility index (Phi) is 14.9. The molecule has 0 amide bonds. The van der Waals surface area contributed by atoms with Gasteiger partial charge in [-0.2, -0.15) is 0 Å². The molecule has 2 N–H and O–H groups in total. The maximum Gasteiger partial charge on any atom is 0.472 e. The van der Waals surface area contributed by atoms with E-state index in [2.05, 4.69) is 20.3 Å². The minimum atomic E-state index is -4.42. The number of hydrogen-bond acceptors (Lipinski definition) is 13. The van der Waals surface area contributed by atoms with Crippen LogP contribution in [0.25, 0.3) is 11.0 Å². The average Bonchev–Trinajstić information content (AvgIpc) is 3.41. The van der Waals surface area contributed by atoms with Gasteiger partial charge in [-0.05, 0) is 35.6 Å². The number of quaternary nitrogens is 1. The van der Waals surface area contributed by atoms with Crippen LogP contribution in [-0.2, 0) is 32.7 Å². The van der Waals surface area contributed by atoms with Crippen molar-refractivity contribution in [1.29, 1.82) is 0 Å². The van der Waals surface area contributed by atoms with Crippen molar-refractivity contribution < 1.29 is 51.6 Å². The number of benzene rings is 1. The monoisotopic (exact) mass is 632 g/mol. The summed E-state index contributed by atoms with van der Waals surface area (Å²) < 4.78 is 38.1. The Labute approximate surface area is 250 Å². The molecule has 0 bridgehead atoms. The minimum Gasteiger partial charge on any atom is -0.462 e. The van der Waals surface area contributed by atoms with Crippen LogP contribution in [0.4, 0.5) is 11.4 Å². The van der Waals surface area contributed by atoms with Gasteiger partial charge in [-0.3, -0.25) is 28.8 Å². The van der Waals surface area contributed by atoms with Crippen molar-refractivity contribution in [2.24, 2.45) is 0 Å². The summed E-state index contributed by atoms with van der Waals surface area (Å²) in [5, 5.41) is 21.6. The second-order valence-electron chi connectivity index (χ2n) is 11.0. The lowest BCUT2D eigenvalue weighted by molar-refractivity contribution is -0.870. The Balaban J connectivity index is 1.79. The molecule has 16 nitrogen and oxygen atoms in total. The van der Waals surface area contributed by atoms with Crippen LogP contribution in [0.3, 0.4) is 0 Å². The lowest BCUT2D eigenvalue weighted by Gasteiger charge is -2.24. The van der Waals surface area contributed by atoms with E-state index in [1.807, 2.05) is 28.1 Å². The van der Waals surface area contributed by atoms with Crippen LogP contribution in [-0.4, -0.2) is 96.7 Å². The quantitative estimate of drug-likeness (QED) is 0.0471. The predicted molar refractivity (Wildman–Crippen MR) is 155 cm³/mol. The number of nitro benzene ring substituents is 1. The fourth-order valence-corrected chi connectivity index (χ4v) is 4.46. The summed E-state index contributed by atoms with van der Waals surface area (Å²) in [6, 6.07) is 2.85. The molecule has 0 radical (unpaired) electrons. The van der Waals surface area contributed by atoms with Crippen LogP contribution >= 0.6 is 7.82 Å². The highest BCUT2D eigenvalue weighted by atomic mass is 31.2. The average molecular weight is 633 g/mol. The smallest absolute Gasteiger partial charge is 0.462 e. The molecular formula is C26H43N5O11P+. The third kappa shape index (κ3) is 14.2. The van der Waals surface area contributed by atoms with Gasteiger partial charge in [-0.15, -0.1) is 0 Å². The maximum absolute atomic E-state index is 12.5. The zero-order chi connectivity index (χ0) is 31.9. The molecule has 0 aliphatic rings. The molecule has 17 heteroatoms. The van der Waals surface area contributed by atoms with Crippen molar-refractivity contribution in [1.82, 2.24) is 10.3 Å². The van der Waals surface area contributed by atoms with Crippen LogP contribution in [0.15, 0.2) is 16.8 Å². The first-order valence-electron chi connectivity index (χ1n) is 14.2. The van der Waals surface area contributed by atoms with E-state index in [1.165, 1.54) is 12.1 Å². The number of fused-ring (bicyclic) bond motifs is 1. The number of non-ortho nitro benzene ring substituents is 1. The van der Waals surface area contributed by atoms with E-state index in [1.54, 1.807) is 0 Å². The molecule has 1 aromatic carbocycles. The van der Waals surface area contributed by atoms with Crippen LogP contribution in [0.5, 0.6) is 0 Å². The van der Waals surface area contributed by atoms with Gasteiger partial charge in [0.15, 0.2) is 11.6 Å². The number of likely N-dealkylation sites (N-methyl/N-ethyl adjacent to an activating group) is 1. The number of nitrogens with one attached hydrogen (secondary N) is 1. The number of rotatable bonds is 22. The predicted octanol–water partition coefficient (Wildman–Crippen LogP) is 3.98. The fourth-order valence-electron chi connectivity index (χ4n) is 3.72. The van der Waals surface area contributed by atoms with E-state index in [-0.39, 0.29) is 42.8 Å². The van der Waals surface area contributed by atoms with Gasteiger partial charge in [-0.25, -0.2) is 9.19 Å². The highest BCUT2D eigenvalue weighted by Gasteiger charge is 2.27. The van der Waals surface area contributed by atoms with Gasteiger partial charge in [0, 0.05) is 25.5 Å². The van der Waals surface area contributed by atoms with Crippen LogP contribution in [0.1, 0.15) is 58.3 Å². The van der Waals surface area contributed by atoms with E-state index in [0.717, 1.165) is 12.8 Å². The molecular weight excluding hydrogens is 589 g/mol. The van der Waals surface area contributed by atoms with Gasteiger partial charge in [0.2, 0.25) is 5.52 Å². The third-order valence-corrected chi connectivity index (χ3v) is 7.10. The summed E-state index contributed by atoms with van der Waals surface area (Å²) in [5.74, 6) is -1.03. The number of phosphoric ester groups is 1. The lowest BCUT2D eigenvalue weighted by atomic mass is 10.2. The molecule has 2 atom stereocenters. The summed E-state index contributed by atoms with van der Waals surface area (Å²) in [5.41, 5.74) is 0.639. The van der Waals surface area contributed by atoms with Crippen molar-refractivity contribution in [3.05, 3.63) is 22.2 Å². The number of carbonyl (C=O) groups excluding carboxylic acids is 2. The Hall–Kier alpha value is -3.17.